The molecular formula is C22H22FN3O4. The Morgan fingerprint density at radius 1 is 1.07 bits per heavy atom. The Morgan fingerprint density at radius 3 is 2.53 bits per heavy atom. The van der Waals surface area contributed by atoms with Crippen molar-refractivity contribution in [3.05, 3.63) is 66.4 Å². The molecule has 2 aliphatic rings. The maximum absolute atomic E-state index is 13.0. The fourth-order valence-electron chi connectivity index (χ4n) is 3.81. The van der Waals surface area contributed by atoms with Gasteiger partial charge in [-0.1, -0.05) is 5.16 Å². The molecule has 2 fully saturated rings. The van der Waals surface area contributed by atoms with Gasteiger partial charge in [0.25, 0.3) is 0 Å². The number of benzene rings is 1. The molecule has 2 aliphatic heterocycles. The highest BCUT2D eigenvalue weighted by atomic mass is 19.1. The number of nitrogens with zero attached hydrogens (tertiary/aromatic N) is 3. The van der Waals surface area contributed by atoms with Crippen molar-refractivity contribution in [2.45, 2.75) is 24.9 Å². The number of likely N-dealkylation sites (tertiary alicyclic amines) is 1. The first-order chi connectivity index (χ1) is 14.7. The number of pyridine rings is 1. The van der Waals surface area contributed by atoms with E-state index in [0.29, 0.717) is 25.5 Å². The van der Waals surface area contributed by atoms with E-state index >= 15 is 0 Å². The van der Waals surface area contributed by atoms with E-state index < -0.39 is 0 Å². The first-order valence-corrected chi connectivity index (χ1v) is 9.97. The maximum atomic E-state index is 13.0. The van der Waals surface area contributed by atoms with Gasteiger partial charge in [0, 0.05) is 37.1 Å². The molecule has 7 nitrogen and oxygen atoms in total. The third kappa shape index (κ3) is 4.35. The van der Waals surface area contributed by atoms with Crippen LogP contribution in [0.4, 0.5) is 4.39 Å². The lowest BCUT2D eigenvalue weighted by molar-refractivity contribution is -0.00461. The molecule has 1 aromatic carbocycles. The van der Waals surface area contributed by atoms with Gasteiger partial charge in [-0.3, -0.25) is 9.88 Å². The van der Waals surface area contributed by atoms with Gasteiger partial charge in [0.2, 0.25) is 0 Å². The lowest BCUT2D eigenvalue weighted by Gasteiger charge is -2.18. The van der Waals surface area contributed by atoms with Gasteiger partial charge in [-0.15, -0.1) is 0 Å². The van der Waals surface area contributed by atoms with E-state index in [1.54, 1.807) is 24.5 Å². The molecule has 5 rings (SSSR count). The summed E-state index contributed by atoms with van der Waals surface area (Å²) in [6, 6.07) is 11.8. The van der Waals surface area contributed by atoms with Crippen molar-refractivity contribution in [2.24, 2.45) is 0 Å². The minimum atomic E-state index is -0.287. The molecule has 0 radical (unpaired) electrons. The number of hydrogen-bond donors (Lipinski definition) is 0. The highest BCUT2D eigenvalue weighted by Crippen LogP contribution is 2.25. The number of hydrogen-bond acceptors (Lipinski definition) is 7. The lowest BCUT2D eigenvalue weighted by Crippen LogP contribution is -2.29. The van der Waals surface area contributed by atoms with Crippen molar-refractivity contribution in [1.82, 2.24) is 15.0 Å². The molecule has 2 aromatic heterocycles. The van der Waals surface area contributed by atoms with Crippen molar-refractivity contribution in [2.75, 3.05) is 26.3 Å². The zero-order chi connectivity index (χ0) is 20.3. The fourth-order valence-corrected chi connectivity index (χ4v) is 3.81. The third-order valence-corrected chi connectivity index (χ3v) is 5.30. The molecular weight excluding hydrogens is 389 g/mol. The summed E-state index contributed by atoms with van der Waals surface area (Å²) in [6.45, 7) is 3.00. The average Bonchev–Trinajstić information content (AvgIpc) is 3.35. The monoisotopic (exact) mass is 411 g/mol. The molecule has 0 unspecified atom stereocenters. The summed E-state index contributed by atoms with van der Waals surface area (Å²) in [6.07, 6.45) is 3.24. The van der Waals surface area contributed by atoms with E-state index in [0.717, 1.165) is 30.1 Å². The van der Waals surface area contributed by atoms with E-state index in [1.807, 2.05) is 18.2 Å². The van der Waals surface area contributed by atoms with Crippen LogP contribution in [0.25, 0.3) is 11.3 Å². The Labute approximate surface area is 173 Å². The zero-order valence-corrected chi connectivity index (χ0v) is 16.3. The minimum Gasteiger partial charge on any atom is -0.486 e. The van der Waals surface area contributed by atoms with Crippen LogP contribution in [0.1, 0.15) is 5.76 Å². The Hall–Kier alpha value is -2.81. The normalized spacial score (nSPS) is 22.6. The molecule has 2 saturated heterocycles. The fraction of sp³-hybridized carbons (Fsp3) is 0.364. The largest absolute Gasteiger partial charge is 0.486 e. The summed E-state index contributed by atoms with van der Waals surface area (Å²) in [4.78, 5) is 6.36. The van der Waals surface area contributed by atoms with Gasteiger partial charge < -0.3 is 18.7 Å². The Kier molecular flexibility index (Phi) is 5.44. The van der Waals surface area contributed by atoms with Crippen LogP contribution in [0.15, 0.2) is 59.4 Å². The highest BCUT2D eigenvalue weighted by Gasteiger charge is 2.38. The minimum absolute atomic E-state index is 0.0208. The molecule has 2 atom stereocenters. The molecule has 8 heteroatoms. The maximum Gasteiger partial charge on any atom is 0.151 e. The van der Waals surface area contributed by atoms with Crippen molar-refractivity contribution >= 4 is 0 Å². The predicted octanol–water partition coefficient (Wildman–Crippen LogP) is 2.92. The number of rotatable bonds is 5. The third-order valence-electron chi connectivity index (χ3n) is 5.30. The van der Waals surface area contributed by atoms with Gasteiger partial charge in [-0.2, -0.15) is 0 Å². The smallest absolute Gasteiger partial charge is 0.151 e. The SMILES string of the molecule is Fc1ccc(OC2CO[C@H]3CN(Cc4cc(-c5cccnc5)no4)C[C@@H]3OC2)cc1. The molecule has 0 spiro atoms. The number of halogens is 1. The van der Waals surface area contributed by atoms with E-state index in [2.05, 4.69) is 15.0 Å². The molecule has 0 bridgehead atoms. The van der Waals surface area contributed by atoms with Crippen LogP contribution >= 0.6 is 0 Å². The summed E-state index contributed by atoms with van der Waals surface area (Å²) in [5.74, 6) is 1.12. The molecule has 156 valence electrons. The molecule has 0 N–H and O–H groups in total. The van der Waals surface area contributed by atoms with Crippen molar-refractivity contribution < 1.29 is 23.1 Å². The van der Waals surface area contributed by atoms with Crippen molar-refractivity contribution in [1.29, 1.82) is 0 Å². The Bertz CT molecular complexity index is 950. The van der Waals surface area contributed by atoms with Crippen LogP contribution in [0.5, 0.6) is 5.75 Å². The van der Waals surface area contributed by atoms with E-state index in [-0.39, 0.29) is 24.1 Å². The second-order valence-electron chi connectivity index (χ2n) is 7.55. The molecule has 0 aliphatic carbocycles. The second-order valence-corrected chi connectivity index (χ2v) is 7.55. The molecule has 0 amide bonds. The number of ether oxygens (including phenoxy) is 3. The van der Waals surface area contributed by atoms with E-state index in [1.165, 1.54) is 12.1 Å². The van der Waals surface area contributed by atoms with Gasteiger partial charge in [-0.25, -0.2) is 4.39 Å². The van der Waals surface area contributed by atoms with Crippen LogP contribution in [0.2, 0.25) is 0 Å². The molecule has 4 heterocycles. The Morgan fingerprint density at radius 2 is 1.83 bits per heavy atom. The van der Waals surface area contributed by atoms with E-state index in [4.69, 9.17) is 18.7 Å². The van der Waals surface area contributed by atoms with Crippen LogP contribution in [0.3, 0.4) is 0 Å². The molecule has 0 saturated carbocycles. The quantitative estimate of drug-likeness (QED) is 0.639. The van der Waals surface area contributed by atoms with Crippen molar-refractivity contribution in [3.63, 3.8) is 0 Å². The van der Waals surface area contributed by atoms with Gasteiger partial charge in [0.05, 0.1) is 32.0 Å². The highest BCUT2D eigenvalue weighted by molar-refractivity contribution is 5.57. The summed E-state index contributed by atoms with van der Waals surface area (Å²) in [5.41, 5.74) is 1.71. The topological polar surface area (TPSA) is 69.9 Å². The first-order valence-electron chi connectivity index (χ1n) is 9.97. The van der Waals surface area contributed by atoms with Crippen LogP contribution in [-0.4, -0.2) is 59.7 Å². The van der Waals surface area contributed by atoms with E-state index in [9.17, 15) is 4.39 Å². The van der Waals surface area contributed by atoms with Crippen LogP contribution in [-0.2, 0) is 16.0 Å². The van der Waals surface area contributed by atoms with Gasteiger partial charge in [-0.05, 0) is 36.4 Å². The summed E-state index contributed by atoms with van der Waals surface area (Å²) in [5, 5.41) is 4.15. The second kappa shape index (κ2) is 8.51. The summed E-state index contributed by atoms with van der Waals surface area (Å²) < 4.78 is 36.5. The van der Waals surface area contributed by atoms with Crippen LogP contribution in [0, 0.1) is 5.82 Å². The molecule has 30 heavy (non-hydrogen) atoms. The summed E-state index contributed by atoms with van der Waals surface area (Å²) >= 11 is 0. The predicted molar refractivity (Wildman–Crippen MR) is 105 cm³/mol. The number of aromatic nitrogens is 2. The van der Waals surface area contributed by atoms with Gasteiger partial charge >= 0.3 is 0 Å². The van der Waals surface area contributed by atoms with Crippen molar-refractivity contribution in [3.8, 4) is 17.0 Å². The summed E-state index contributed by atoms with van der Waals surface area (Å²) in [7, 11) is 0. The average molecular weight is 411 g/mol. The van der Waals surface area contributed by atoms with Crippen LogP contribution < -0.4 is 4.74 Å². The lowest BCUT2D eigenvalue weighted by atomic mass is 10.2. The first kappa shape index (κ1) is 19.2. The molecule has 3 aromatic rings. The van der Waals surface area contributed by atoms with Gasteiger partial charge in [0.15, 0.2) is 5.76 Å². The van der Waals surface area contributed by atoms with Gasteiger partial charge in [0.1, 0.15) is 23.4 Å². The zero-order valence-electron chi connectivity index (χ0n) is 16.3. The standard InChI is InChI=1S/C22H22FN3O4/c23-16-3-5-17(6-4-16)29-19-13-27-21-11-26(12-22(21)28-14-19)10-18-8-20(25-30-18)15-2-1-7-24-9-15/h1-9,19,21-22H,10-14H2/t21-,22-/m0/s1. The number of fused-ring (bicyclic) bond motifs is 1. The Balaban J connectivity index is 1.14.